The molecule has 2 aromatic rings. The van der Waals surface area contributed by atoms with E-state index in [9.17, 15) is 28.2 Å². The molecule has 0 aliphatic carbocycles. The van der Waals surface area contributed by atoms with Gasteiger partial charge in [-0.1, -0.05) is 5.16 Å². The SMILES string of the molecule is CC(C)NC(=O)NC[C@@H]1O[C@@H](Cc2nc(-c3ccc(OC(F)(F)F)cc3)no2)[C@H](O)[C@@H]1O. The maximum Gasteiger partial charge on any atom is 0.573 e. The van der Waals surface area contributed by atoms with E-state index in [1.807, 2.05) is 0 Å². The number of ether oxygens (including phenoxy) is 2. The van der Waals surface area contributed by atoms with E-state index in [2.05, 4.69) is 25.5 Å². The molecule has 1 aromatic heterocycles. The molecule has 2 amide bonds. The molecular formula is C19H23F3N4O6. The van der Waals surface area contributed by atoms with Crippen LogP contribution >= 0.6 is 0 Å². The first-order chi connectivity index (χ1) is 15.0. The standard InChI is InChI=1S/C19H23F3N4O6/c1-9(2)24-18(29)23-8-13-16(28)15(27)12(30-13)7-14-25-17(26-32-14)10-3-5-11(6-4-10)31-19(20,21)22/h3-6,9,12-13,15-16,27-28H,7-8H2,1-2H3,(H2,23,24,29)/t12-,13-,15-,16+/m0/s1. The average Bonchev–Trinajstić information content (AvgIpc) is 3.26. The molecule has 1 saturated heterocycles. The van der Waals surface area contributed by atoms with Crippen LogP contribution in [0.2, 0.25) is 0 Å². The molecule has 0 spiro atoms. The van der Waals surface area contributed by atoms with Gasteiger partial charge in [0.25, 0.3) is 0 Å². The lowest BCUT2D eigenvalue weighted by atomic mass is 10.1. The van der Waals surface area contributed by atoms with Gasteiger partial charge in [-0.2, -0.15) is 4.98 Å². The van der Waals surface area contributed by atoms with E-state index in [1.165, 1.54) is 12.1 Å². The van der Waals surface area contributed by atoms with E-state index >= 15 is 0 Å². The fraction of sp³-hybridized carbons (Fsp3) is 0.526. The lowest BCUT2D eigenvalue weighted by Gasteiger charge is -2.16. The van der Waals surface area contributed by atoms with Crippen LogP contribution in [-0.4, -0.2) is 69.7 Å². The summed E-state index contributed by atoms with van der Waals surface area (Å²) in [5, 5.41) is 29.4. The number of benzene rings is 1. The van der Waals surface area contributed by atoms with Crippen LogP contribution in [0.5, 0.6) is 5.75 Å². The molecule has 32 heavy (non-hydrogen) atoms. The lowest BCUT2D eigenvalue weighted by molar-refractivity contribution is -0.274. The van der Waals surface area contributed by atoms with Crippen LogP contribution in [0.25, 0.3) is 11.4 Å². The number of aliphatic hydroxyl groups is 2. The van der Waals surface area contributed by atoms with Crippen molar-refractivity contribution in [2.45, 2.75) is 57.1 Å². The van der Waals surface area contributed by atoms with Crippen LogP contribution in [0, 0.1) is 0 Å². The normalized spacial score (nSPS) is 23.4. The molecule has 176 valence electrons. The highest BCUT2D eigenvalue weighted by atomic mass is 19.4. The fourth-order valence-electron chi connectivity index (χ4n) is 3.10. The Balaban J connectivity index is 1.57. The molecule has 10 nitrogen and oxygen atoms in total. The van der Waals surface area contributed by atoms with E-state index in [1.54, 1.807) is 13.8 Å². The predicted octanol–water partition coefficient (Wildman–Crippen LogP) is 1.37. The Morgan fingerprint density at radius 2 is 1.84 bits per heavy atom. The molecule has 0 bridgehead atoms. The van der Waals surface area contributed by atoms with Crippen molar-refractivity contribution in [2.75, 3.05) is 6.54 Å². The summed E-state index contributed by atoms with van der Waals surface area (Å²) in [6, 6.07) is 4.41. The van der Waals surface area contributed by atoms with Crippen LogP contribution < -0.4 is 15.4 Å². The molecule has 1 fully saturated rings. The summed E-state index contributed by atoms with van der Waals surface area (Å²) < 4.78 is 51.3. The minimum Gasteiger partial charge on any atom is -0.406 e. The van der Waals surface area contributed by atoms with Gasteiger partial charge in [-0.25, -0.2) is 4.79 Å². The van der Waals surface area contributed by atoms with Crippen LogP contribution in [0.15, 0.2) is 28.8 Å². The van der Waals surface area contributed by atoms with Crippen molar-refractivity contribution < 1.29 is 42.2 Å². The number of aliphatic hydroxyl groups excluding tert-OH is 2. The summed E-state index contributed by atoms with van der Waals surface area (Å²) in [7, 11) is 0. The van der Waals surface area contributed by atoms with Gasteiger partial charge in [0.05, 0.1) is 12.5 Å². The second-order valence-electron chi connectivity index (χ2n) is 7.49. The fourth-order valence-corrected chi connectivity index (χ4v) is 3.10. The number of urea groups is 1. The smallest absolute Gasteiger partial charge is 0.406 e. The van der Waals surface area contributed by atoms with E-state index in [-0.39, 0.29) is 36.5 Å². The maximum atomic E-state index is 12.3. The van der Waals surface area contributed by atoms with Gasteiger partial charge in [0.1, 0.15) is 24.1 Å². The number of amides is 2. The molecule has 2 heterocycles. The molecule has 0 unspecified atom stereocenters. The summed E-state index contributed by atoms with van der Waals surface area (Å²) in [5.41, 5.74) is 0.390. The third kappa shape index (κ3) is 6.31. The Bertz CT molecular complexity index is 905. The highest BCUT2D eigenvalue weighted by Crippen LogP contribution is 2.27. The first kappa shape index (κ1) is 23.8. The van der Waals surface area contributed by atoms with Gasteiger partial charge in [0.2, 0.25) is 11.7 Å². The molecule has 13 heteroatoms. The summed E-state index contributed by atoms with van der Waals surface area (Å²) in [5.74, 6) is -0.170. The van der Waals surface area contributed by atoms with E-state index < -0.39 is 36.8 Å². The monoisotopic (exact) mass is 460 g/mol. The quantitative estimate of drug-likeness (QED) is 0.486. The summed E-state index contributed by atoms with van der Waals surface area (Å²) in [6.45, 7) is 3.57. The Hall–Kier alpha value is -2.90. The number of nitrogens with zero attached hydrogens (tertiary/aromatic N) is 2. The summed E-state index contributed by atoms with van der Waals surface area (Å²) >= 11 is 0. The van der Waals surface area contributed by atoms with Crippen LogP contribution in [0.3, 0.4) is 0 Å². The van der Waals surface area contributed by atoms with Gasteiger partial charge >= 0.3 is 12.4 Å². The van der Waals surface area contributed by atoms with Crippen molar-refractivity contribution in [3.63, 3.8) is 0 Å². The maximum absolute atomic E-state index is 12.3. The molecule has 0 radical (unpaired) electrons. The van der Waals surface area contributed by atoms with Crippen molar-refractivity contribution in [2.24, 2.45) is 0 Å². The van der Waals surface area contributed by atoms with Gasteiger partial charge in [0, 0.05) is 18.2 Å². The summed E-state index contributed by atoms with van der Waals surface area (Å²) in [4.78, 5) is 15.8. The van der Waals surface area contributed by atoms with Crippen molar-refractivity contribution in [3.8, 4) is 17.1 Å². The van der Waals surface area contributed by atoms with Gasteiger partial charge in [-0.3, -0.25) is 0 Å². The lowest BCUT2D eigenvalue weighted by Crippen LogP contribution is -2.45. The first-order valence-electron chi connectivity index (χ1n) is 9.76. The van der Waals surface area contributed by atoms with Crippen molar-refractivity contribution in [1.29, 1.82) is 0 Å². The Morgan fingerprint density at radius 3 is 2.47 bits per heavy atom. The van der Waals surface area contributed by atoms with Gasteiger partial charge < -0.3 is 34.8 Å². The number of carbonyl (C=O) groups is 1. The number of halogens is 3. The van der Waals surface area contributed by atoms with Crippen LogP contribution in [-0.2, 0) is 11.2 Å². The molecule has 3 rings (SSSR count). The zero-order valence-electron chi connectivity index (χ0n) is 17.2. The van der Waals surface area contributed by atoms with Crippen LogP contribution in [0.4, 0.5) is 18.0 Å². The number of carbonyl (C=O) groups excluding carboxylic acids is 1. The number of nitrogens with one attached hydrogen (secondary N) is 2. The van der Waals surface area contributed by atoms with Crippen molar-refractivity contribution in [1.82, 2.24) is 20.8 Å². The van der Waals surface area contributed by atoms with E-state index in [0.29, 0.717) is 5.56 Å². The molecule has 4 N–H and O–H groups in total. The van der Waals surface area contributed by atoms with Gasteiger partial charge in [-0.05, 0) is 38.1 Å². The molecule has 0 saturated carbocycles. The zero-order valence-corrected chi connectivity index (χ0v) is 17.2. The van der Waals surface area contributed by atoms with Crippen molar-refractivity contribution >= 4 is 6.03 Å². The minimum absolute atomic E-state index is 0.0187. The number of hydrogen-bond donors (Lipinski definition) is 4. The zero-order chi connectivity index (χ0) is 23.5. The number of hydrogen-bond acceptors (Lipinski definition) is 8. The second-order valence-corrected chi connectivity index (χ2v) is 7.49. The van der Waals surface area contributed by atoms with Crippen molar-refractivity contribution in [3.05, 3.63) is 30.2 Å². The molecule has 4 atom stereocenters. The summed E-state index contributed by atoms with van der Waals surface area (Å²) in [6.07, 6.45) is -8.99. The largest absolute Gasteiger partial charge is 0.573 e. The Morgan fingerprint density at radius 1 is 1.19 bits per heavy atom. The highest BCUT2D eigenvalue weighted by Gasteiger charge is 2.43. The second kappa shape index (κ2) is 9.71. The third-order valence-corrected chi connectivity index (χ3v) is 4.53. The number of alkyl halides is 3. The molecule has 1 aliphatic heterocycles. The van der Waals surface area contributed by atoms with E-state index in [0.717, 1.165) is 12.1 Å². The topological polar surface area (TPSA) is 139 Å². The molecule has 1 aromatic carbocycles. The minimum atomic E-state index is -4.79. The number of rotatable bonds is 7. The third-order valence-electron chi connectivity index (χ3n) is 4.53. The molecular weight excluding hydrogens is 437 g/mol. The Kier molecular flexibility index (Phi) is 7.21. The van der Waals surface area contributed by atoms with E-state index in [4.69, 9.17) is 9.26 Å². The highest BCUT2D eigenvalue weighted by molar-refractivity contribution is 5.74. The predicted molar refractivity (Wildman–Crippen MR) is 102 cm³/mol. The van der Waals surface area contributed by atoms with Gasteiger partial charge in [0.15, 0.2) is 0 Å². The molecule has 1 aliphatic rings. The average molecular weight is 460 g/mol. The first-order valence-corrected chi connectivity index (χ1v) is 9.76. The van der Waals surface area contributed by atoms with Gasteiger partial charge in [-0.15, -0.1) is 13.2 Å². The number of aromatic nitrogens is 2. The van der Waals surface area contributed by atoms with Crippen LogP contribution in [0.1, 0.15) is 19.7 Å². The Labute approximate surface area is 180 Å².